The van der Waals surface area contributed by atoms with Crippen LogP contribution in [0.4, 0.5) is 5.69 Å². The van der Waals surface area contributed by atoms with E-state index in [1.54, 1.807) is 30.3 Å². The average molecular weight is 361 g/mol. The molecular weight excluding hydrogens is 342 g/mol. The minimum Gasteiger partial charge on any atom is -0.345 e. The van der Waals surface area contributed by atoms with E-state index in [1.807, 2.05) is 36.4 Å². The standard InChI is InChI=1S/C21H19N3O3/c25-19(23-17-12-7-13-22-21(17)27)14-18(15-8-3-1-4-9-15)24-20(26)16-10-5-2-6-11-16/h1-13,18H,14H2,(H,22,27)(H,23,25)(H,24,26)/t18-/m1/s1. The molecule has 1 atom stereocenters. The monoisotopic (exact) mass is 361 g/mol. The fourth-order valence-electron chi connectivity index (χ4n) is 2.68. The number of carbonyl (C=O) groups excluding carboxylic acids is 2. The summed E-state index contributed by atoms with van der Waals surface area (Å²) in [5, 5.41) is 5.48. The molecule has 6 heteroatoms. The number of hydrogen-bond acceptors (Lipinski definition) is 3. The molecule has 0 bridgehead atoms. The molecule has 0 aliphatic carbocycles. The second-order valence-corrected chi connectivity index (χ2v) is 5.97. The molecule has 0 spiro atoms. The highest BCUT2D eigenvalue weighted by Gasteiger charge is 2.19. The van der Waals surface area contributed by atoms with Crippen molar-refractivity contribution in [1.82, 2.24) is 10.3 Å². The zero-order valence-corrected chi connectivity index (χ0v) is 14.5. The van der Waals surface area contributed by atoms with Crippen molar-refractivity contribution in [3.63, 3.8) is 0 Å². The number of aromatic amines is 1. The largest absolute Gasteiger partial charge is 0.345 e. The van der Waals surface area contributed by atoms with Crippen molar-refractivity contribution < 1.29 is 9.59 Å². The fourth-order valence-corrected chi connectivity index (χ4v) is 2.68. The van der Waals surface area contributed by atoms with Gasteiger partial charge in [0, 0.05) is 11.8 Å². The molecule has 2 aromatic carbocycles. The third kappa shape index (κ3) is 4.92. The molecule has 136 valence electrons. The van der Waals surface area contributed by atoms with Crippen molar-refractivity contribution in [2.45, 2.75) is 12.5 Å². The summed E-state index contributed by atoms with van der Waals surface area (Å²) in [6.45, 7) is 0. The van der Waals surface area contributed by atoms with Gasteiger partial charge in [-0.15, -0.1) is 0 Å². The van der Waals surface area contributed by atoms with Gasteiger partial charge in [-0.25, -0.2) is 0 Å². The van der Waals surface area contributed by atoms with Gasteiger partial charge in [0.15, 0.2) is 0 Å². The van der Waals surface area contributed by atoms with Crippen LogP contribution in [-0.2, 0) is 4.79 Å². The average Bonchev–Trinajstić information content (AvgIpc) is 2.70. The van der Waals surface area contributed by atoms with E-state index in [1.165, 1.54) is 12.3 Å². The number of aromatic nitrogens is 1. The van der Waals surface area contributed by atoms with E-state index in [0.29, 0.717) is 5.56 Å². The van der Waals surface area contributed by atoms with E-state index >= 15 is 0 Å². The zero-order valence-electron chi connectivity index (χ0n) is 14.5. The van der Waals surface area contributed by atoms with Crippen LogP contribution in [0.2, 0.25) is 0 Å². The molecule has 1 heterocycles. The molecule has 27 heavy (non-hydrogen) atoms. The van der Waals surface area contributed by atoms with E-state index < -0.39 is 6.04 Å². The first-order valence-electron chi connectivity index (χ1n) is 8.52. The predicted octanol–water partition coefficient (Wildman–Crippen LogP) is 2.87. The van der Waals surface area contributed by atoms with E-state index in [0.717, 1.165) is 5.56 Å². The normalized spacial score (nSPS) is 11.4. The highest BCUT2D eigenvalue weighted by Crippen LogP contribution is 2.18. The van der Waals surface area contributed by atoms with Crippen LogP contribution in [-0.4, -0.2) is 16.8 Å². The highest BCUT2D eigenvalue weighted by molar-refractivity contribution is 5.95. The summed E-state index contributed by atoms with van der Waals surface area (Å²) >= 11 is 0. The third-order valence-corrected chi connectivity index (χ3v) is 4.03. The lowest BCUT2D eigenvalue weighted by atomic mass is 10.0. The molecule has 0 saturated heterocycles. The number of H-pyrrole nitrogens is 1. The second kappa shape index (κ2) is 8.62. The predicted molar refractivity (Wildman–Crippen MR) is 103 cm³/mol. The molecule has 3 N–H and O–H groups in total. The third-order valence-electron chi connectivity index (χ3n) is 4.03. The number of pyridine rings is 1. The molecular formula is C21H19N3O3. The lowest BCUT2D eigenvalue weighted by molar-refractivity contribution is -0.116. The number of amides is 2. The van der Waals surface area contributed by atoms with Crippen LogP contribution in [0.5, 0.6) is 0 Å². The van der Waals surface area contributed by atoms with Crippen LogP contribution in [0.15, 0.2) is 83.8 Å². The van der Waals surface area contributed by atoms with Crippen molar-refractivity contribution >= 4 is 17.5 Å². The number of nitrogens with one attached hydrogen (secondary N) is 3. The van der Waals surface area contributed by atoms with Gasteiger partial charge in [0.05, 0.1) is 12.5 Å². The van der Waals surface area contributed by atoms with Gasteiger partial charge in [-0.2, -0.15) is 0 Å². The Labute approximate surface area is 156 Å². The summed E-state index contributed by atoms with van der Waals surface area (Å²) in [5.74, 6) is -0.635. The zero-order chi connectivity index (χ0) is 19.1. The van der Waals surface area contributed by atoms with Crippen LogP contribution >= 0.6 is 0 Å². The van der Waals surface area contributed by atoms with Gasteiger partial charge in [0.2, 0.25) is 5.91 Å². The number of anilines is 1. The molecule has 0 unspecified atom stereocenters. The molecule has 0 aliphatic rings. The molecule has 2 amide bonds. The summed E-state index contributed by atoms with van der Waals surface area (Å²) in [4.78, 5) is 39.2. The number of carbonyl (C=O) groups is 2. The maximum atomic E-state index is 12.5. The Morgan fingerprint density at radius 3 is 2.22 bits per heavy atom. The lowest BCUT2D eigenvalue weighted by Crippen LogP contribution is -2.32. The second-order valence-electron chi connectivity index (χ2n) is 5.97. The molecule has 6 nitrogen and oxygen atoms in total. The van der Waals surface area contributed by atoms with Crippen molar-refractivity contribution in [2.75, 3.05) is 5.32 Å². The Morgan fingerprint density at radius 2 is 1.56 bits per heavy atom. The van der Waals surface area contributed by atoms with Gasteiger partial charge in [0.1, 0.15) is 5.69 Å². The summed E-state index contributed by atoms with van der Waals surface area (Å²) in [7, 11) is 0. The Bertz CT molecular complexity index is 968. The summed E-state index contributed by atoms with van der Waals surface area (Å²) in [6, 6.07) is 20.7. The topological polar surface area (TPSA) is 91.1 Å². The summed E-state index contributed by atoms with van der Waals surface area (Å²) < 4.78 is 0. The molecule has 3 aromatic rings. The van der Waals surface area contributed by atoms with Crippen molar-refractivity contribution in [2.24, 2.45) is 0 Å². The smallest absolute Gasteiger partial charge is 0.271 e. The van der Waals surface area contributed by atoms with Crippen LogP contribution in [0.1, 0.15) is 28.4 Å². The van der Waals surface area contributed by atoms with Crippen LogP contribution in [0.3, 0.4) is 0 Å². The molecule has 0 aliphatic heterocycles. The Balaban J connectivity index is 1.76. The quantitative estimate of drug-likeness (QED) is 0.630. The van der Waals surface area contributed by atoms with Crippen molar-refractivity contribution in [3.05, 3.63) is 100 Å². The van der Waals surface area contributed by atoms with Crippen molar-refractivity contribution in [1.29, 1.82) is 0 Å². The van der Waals surface area contributed by atoms with Gasteiger partial charge in [-0.05, 0) is 29.8 Å². The first-order valence-corrected chi connectivity index (χ1v) is 8.52. The minimum atomic E-state index is -0.526. The van der Waals surface area contributed by atoms with Gasteiger partial charge in [0.25, 0.3) is 11.5 Å². The molecule has 0 saturated carbocycles. The van der Waals surface area contributed by atoms with E-state index in [4.69, 9.17) is 0 Å². The fraction of sp³-hybridized carbons (Fsp3) is 0.0952. The molecule has 3 rings (SSSR count). The maximum absolute atomic E-state index is 12.5. The van der Waals surface area contributed by atoms with Gasteiger partial charge < -0.3 is 15.6 Å². The SMILES string of the molecule is O=C(C[C@@H](NC(=O)c1ccccc1)c1ccccc1)Nc1ccc[nH]c1=O. The minimum absolute atomic E-state index is 0.00305. The first-order chi connectivity index (χ1) is 13.1. The van der Waals surface area contributed by atoms with Crippen LogP contribution in [0.25, 0.3) is 0 Å². The van der Waals surface area contributed by atoms with Crippen LogP contribution in [0, 0.1) is 0 Å². The Hall–Kier alpha value is -3.67. The molecule has 0 fully saturated rings. The van der Waals surface area contributed by atoms with Gasteiger partial charge >= 0.3 is 0 Å². The highest BCUT2D eigenvalue weighted by atomic mass is 16.2. The summed E-state index contributed by atoms with van der Waals surface area (Å²) in [5.41, 5.74) is 1.11. The van der Waals surface area contributed by atoms with Crippen LogP contribution < -0.4 is 16.2 Å². The van der Waals surface area contributed by atoms with E-state index in [-0.39, 0.29) is 29.5 Å². The van der Waals surface area contributed by atoms with E-state index in [9.17, 15) is 14.4 Å². The molecule has 0 radical (unpaired) electrons. The number of benzene rings is 2. The van der Waals surface area contributed by atoms with Crippen molar-refractivity contribution in [3.8, 4) is 0 Å². The number of rotatable bonds is 6. The van der Waals surface area contributed by atoms with Gasteiger partial charge in [-0.3, -0.25) is 14.4 Å². The van der Waals surface area contributed by atoms with E-state index in [2.05, 4.69) is 15.6 Å². The first kappa shape index (κ1) is 18.1. The Morgan fingerprint density at radius 1 is 0.889 bits per heavy atom. The maximum Gasteiger partial charge on any atom is 0.271 e. The summed E-state index contributed by atoms with van der Waals surface area (Å²) in [6.07, 6.45) is 1.49. The van der Waals surface area contributed by atoms with Gasteiger partial charge in [-0.1, -0.05) is 48.5 Å². The molecule has 1 aromatic heterocycles. The Kier molecular flexibility index (Phi) is 5.79. The lowest BCUT2D eigenvalue weighted by Gasteiger charge is -2.19. The number of hydrogen-bond donors (Lipinski definition) is 3.